The predicted molar refractivity (Wildman–Crippen MR) is 117 cm³/mol. The van der Waals surface area contributed by atoms with Crippen molar-refractivity contribution in [1.29, 1.82) is 0 Å². The van der Waals surface area contributed by atoms with Crippen LogP contribution in [0.15, 0.2) is 53.8 Å². The van der Waals surface area contributed by atoms with Gasteiger partial charge in [0.25, 0.3) is 5.56 Å². The number of pyridine rings is 1. The molecule has 0 amide bonds. The molecular formula is C21H22N6OS. The predicted octanol–water partition coefficient (Wildman–Crippen LogP) is 3.29. The summed E-state index contributed by atoms with van der Waals surface area (Å²) in [5.41, 5.74) is 4.61. The van der Waals surface area contributed by atoms with Gasteiger partial charge in [-0.05, 0) is 24.6 Å². The maximum atomic E-state index is 12.4. The Morgan fingerprint density at radius 3 is 2.86 bits per heavy atom. The fraction of sp³-hybridized carbons (Fsp3) is 0.238. The molecule has 0 bridgehead atoms. The second-order valence-electron chi connectivity index (χ2n) is 6.75. The van der Waals surface area contributed by atoms with Crippen LogP contribution in [0.4, 0.5) is 5.95 Å². The molecule has 0 atom stereocenters. The average molecular weight is 407 g/mol. The number of fused-ring (bicyclic) bond motifs is 1. The van der Waals surface area contributed by atoms with Crippen molar-refractivity contribution in [2.75, 3.05) is 17.6 Å². The number of nitrogens with zero attached hydrogens (tertiary/aromatic N) is 3. The minimum atomic E-state index is -0.129. The molecule has 0 aliphatic rings. The lowest BCUT2D eigenvalue weighted by atomic mass is 10.1. The molecule has 29 heavy (non-hydrogen) atoms. The van der Waals surface area contributed by atoms with E-state index in [0.29, 0.717) is 24.5 Å². The van der Waals surface area contributed by atoms with Crippen LogP contribution in [0.3, 0.4) is 0 Å². The zero-order valence-corrected chi connectivity index (χ0v) is 16.9. The number of aromatic amines is 2. The van der Waals surface area contributed by atoms with Crippen molar-refractivity contribution in [2.45, 2.75) is 19.1 Å². The quantitative estimate of drug-likeness (QED) is 0.388. The first-order valence-corrected chi connectivity index (χ1v) is 10.6. The van der Waals surface area contributed by atoms with E-state index in [0.717, 1.165) is 39.4 Å². The zero-order valence-electron chi connectivity index (χ0n) is 16.1. The van der Waals surface area contributed by atoms with Crippen LogP contribution in [0, 0.1) is 6.92 Å². The van der Waals surface area contributed by atoms with Gasteiger partial charge in [0.15, 0.2) is 0 Å². The van der Waals surface area contributed by atoms with Gasteiger partial charge < -0.3 is 10.3 Å². The largest absolute Gasteiger partial charge is 0.355 e. The zero-order chi connectivity index (χ0) is 20.1. The summed E-state index contributed by atoms with van der Waals surface area (Å²) in [5, 5.41) is 4.23. The minimum Gasteiger partial charge on any atom is -0.355 e. The van der Waals surface area contributed by atoms with Crippen molar-refractivity contribution in [3.8, 4) is 0 Å². The molecule has 0 unspecified atom stereocenters. The van der Waals surface area contributed by atoms with Crippen molar-refractivity contribution in [1.82, 2.24) is 24.9 Å². The van der Waals surface area contributed by atoms with Crippen LogP contribution in [-0.4, -0.2) is 37.2 Å². The molecule has 0 fully saturated rings. The molecule has 1 aromatic carbocycles. The van der Waals surface area contributed by atoms with E-state index in [1.54, 1.807) is 24.3 Å². The topological polar surface area (TPSA) is 99.3 Å². The van der Waals surface area contributed by atoms with E-state index in [2.05, 4.69) is 36.3 Å². The van der Waals surface area contributed by atoms with E-state index in [1.807, 2.05) is 37.4 Å². The number of thioether (sulfide) groups is 1. The number of para-hydroxylation sites is 1. The molecule has 148 valence electrons. The van der Waals surface area contributed by atoms with Gasteiger partial charge in [-0.25, -0.2) is 9.97 Å². The van der Waals surface area contributed by atoms with Gasteiger partial charge in [-0.3, -0.25) is 14.8 Å². The molecule has 0 saturated heterocycles. The molecule has 0 aliphatic carbocycles. The number of hydrogen-bond acceptors (Lipinski definition) is 6. The Morgan fingerprint density at radius 1 is 1.14 bits per heavy atom. The maximum absolute atomic E-state index is 12.4. The van der Waals surface area contributed by atoms with Crippen LogP contribution in [0.2, 0.25) is 0 Å². The molecule has 0 saturated carbocycles. The minimum absolute atomic E-state index is 0.129. The van der Waals surface area contributed by atoms with Gasteiger partial charge in [-0.2, -0.15) is 11.8 Å². The smallest absolute Gasteiger partial charge is 0.255 e. The Morgan fingerprint density at radius 2 is 2.03 bits per heavy atom. The number of H-pyrrole nitrogens is 2. The molecule has 7 nitrogen and oxygen atoms in total. The third-order valence-electron chi connectivity index (χ3n) is 4.63. The van der Waals surface area contributed by atoms with Gasteiger partial charge in [0.1, 0.15) is 0 Å². The summed E-state index contributed by atoms with van der Waals surface area (Å²) >= 11 is 1.78. The third-order valence-corrected chi connectivity index (χ3v) is 5.60. The van der Waals surface area contributed by atoms with Crippen molar-refractivity contribution < 1.29 is 0 Å². The lowest BCUT2D eigenvalue weighted by molar-refractivity contribution is 1.00. The fourth-order valence-electron chi connectivity index (χ4n) is 3.01. The van der Waals surface area contributed by atoms with Gasteiger partial charge >= 0.3 is 0 Å². The van der Waals surface area contributed by atoms with Crippen LogP contribution >= 0.6 is 11.8 Å². The summed E-state index contributed by atoms with van der Waals surface area (Å²) in [4.78, 5) is 31.4. The Labute approximate surface area is 172 Å². The first-order chi connectivity index (χ1) is 14.2. The molecule has 3 N–H and O–H groups in total. The second-order valence-corrected chi connectivity index (χ2v) is 7.86. The van der Waals surface area contributed by atoms with Gasteiger partial charge in [-0.15, -0.1) is 0 Å². The Hall–Kier alpha value is -3.13. The van der Waals surface area contributed by atoms with Gasteiger partial charge in [-0.1, -0.05) is 18.2 Å². The standard InChI is InChI=1S/C21H22N6OS/c1-14-19(26-13-25-14)12-29-7-6-22-21-24-11-17(20(28)27-21)9-15-8-16-4-2-3-5-18(16)23-10-15/h2-5,8,10-11,13H,6-7,9,12H2,1H3,(H,25,26)(H2,22,24,27,28). The van der Waals surface area contributed by atoms with Gasteiger partial charge in [0.2, 0.25) is 5.95 Å². The number of rotatable bonds is 8. The number of hydrogen-bond donors (Lipinski definition) is 3. The van der Waals surface area contributed by atoms with Crippen molar-refractivity contribution in [3.63, 3.8) is 0 Å². The SMILES string of the molecule is Cc1[nH]cnc1CSCCNc1ncc(Cc2cnc3ccccc3c2)c(=O)[nH]1. The van der Waals surface area contributed by atoms with E-state index in [9.17, 15) is 4.79 Å². The lowest BCUT2D eigenvalue weighted by Crippen LogP contribution is -2.18. The van der Waals surface area contributed by atoms with Crippen molar-refractivity contribution >= 4 is 28.6 Å². The molecule has 3 heterocycles. The number of anilines is 1. The third kappa shape index (κ3) is 4.83. The number of aryl methyl sites for hydroxylation is 1. The molecule has 0 spiro atoms. The second kappa shape index (κ2) is 8.91. The number of benzene rings is 1. The summed E-state index contributed by atoms with van der Waals surface area (Å²) in [7, 11) is 0. The number of aromatic nitrogens is 5. The highest BCUT2D eigenvalue weighted by molar-refractivity contribution is 7.98. The van der Waals surface area contributed by atoms with Crippen LogP contribution in [0.5, 0.6) is 0 Å². The summed E-state index contributed by atoms with van der Waals surface area (Å²) in [6.45, 7) is 2.73. The monoisotopic (exact) mass is 406 g/mol. The molecule has 4 aromatic rings. The van der Waals surface area contributed by atoms with E-state index < -0.39 is 0 Å². The van der Waals surface area contributed by atoms with E-state index in [1.165, 1.54) is 0 Å². The summed E-state index contributed by atoms with van der Waals surface area (Å²) in [6, 6.07) is 10.0. The first kappa shape index (κ1) is 19.2. The van der Waals surface area contributed by atoms with Crippen LogP contribution in [0.1, 0.15) is 22.5 Å². The number of imidazole rings is 1. The lowest BCUT2D eigenvalue weighted by Gasteiger charge is -2.07. The molecule has 3 aromatic heterocycles. The highest BCUT2D eigenvalue weighted by Crippen LogP contribution is 2.15. The van der Waals surface area contributed by atoms with Gasteiger partial charge in [0, 0.05) is 53.5 Å². The molecular weight excluding hydrogens is 384 g/mol. The van der Waals surface area contributed by atoms with Crippen LogP contribution in [0.25, 0.3) is 10.9 Å². The highest BCUT2D eigenvalue weighted by atomic mass is 32.2. The van der Waals surface area contributed by atoms with Crippen molar-refractivity contribution in [3.05, 3.63) is 81.9 Å². The van der Waals surface area contributed by atoms with Gasteiger partial charge in [0.05, 0.1) is 17.5 Å². The summed E-state index contributed by atoms with van der Waals surface area (Å²) in [6.07, 6.45) is 5.66. The van der Waals surface area contributed by atoms with E-state index >= 15 is 0 Å². The molecule has 4 rings (SSSR count). The molecule has 0 radical (unpaired) electrons. The van der Waals surface area contributed by atoms with E-state index in [-0.39, 0.29) is 5.56 Å². The van der Waals surface area contributed by atoms with Crippen molar-refractivity contribution in [2.24, 2.45) is 0 Å². The maximum Gasteiger partial charge on any atom is 0.255 e. The molecule has 0 aliphatic heterocycles. The average Bonchev–Trinajstić information content (AvgIpc) is 3.14. The normalized spacial score (nSPS) is 11.1. The summed E-state index contributed by atoms with van der Waals surface area (Å²) in [5.74, 6) is 2.24. The highest BCUT2D eigenvalue weighted by Gasteiger charge is 2.06. The Bertz CT molecular complexity index is 1170. The summed E-state index contributed by atoms with van der Waals surface area (Å²) < 4.78 is 0. The first-order valence-electron chi connectivity index (χ1n) is 9.41. The Balaban J connectivity index is 1.31. The number of nitrogens with one attached hydrogen (secondary N) is 3. The molecule has 8 heteroatoms. The van der Waals surface area contributed by atoms with Crippen LogP contribution < -0.4 is 10.9 Å². The fourth-order valence-corrected chi connectivity index (χ4v) is 3.89. The Kier molecular flexibility index (Phi) is 5.90. The van der Waals surface area contributed by atoms with E-state index in [4.69, 9.17) is 0 Å². The van der Waals surface area contributed by atoms with Crippen LogP contribution in [-0.2, 0) is 12.2 Å².